The molecule has 1 unspecified atom stereocenters. The Balaban J connectivity index is 1.86. The molecule has 1 aromatic carbocycles. The number of carbonyl (C=O) groups excluding carboxylic acids is 2. The van der Waals surface area contributed by atoms with Gasteiger partial charge in [0.05, 0.1) is 6.04 Å². The highest BCUT2D eigenvalue weighted by atomic mass is 16.6. The Morgan fingerprint density at radius 1 is 1.23 bits per heavy atom. The summed E-state index contributed by atoms with van der Waals surface area (Å²) >= 11 is 0. The van der Waals surface area contributed by atoms with Crippen molar-refractivity contribution in [1.82, 2.24) is 15.5 Å². The maximum atomic E-state index is 12.0. The van der Waals surface area contributed by atoms with Crippen LogP contribution in [0.2, 0.25) is 0 Å². The van der Waals surface area contributed by atoms with Gasteiger partial charge in [-0.05, 0) is 58.2 Å². The number of amides is 2. The number of nitrogens with one attached hydrogen (secondary N) is 3. The Kier molecular flexibility index (Phi) is 8.50. The summed E-state index contributed by atoms with van der Waals surface area (Å²) in [5.74, 6) is 0.786. The molecule has 1 saturated heterocycles. The van der Waals surface area contributed by atoms with Crippen molar-refractivity contribution in [3.8, 4) is 0 Å². The van der Waals surface area contributed by atoms with Crippen LogP contribution in [0.3, 0.4) is 0 Å². The first-order valence-corrected chi connectivity index (χ1v) is 10.6. The van der Waals surface area contributed by atoms with Gasteiger partial charge in [-0.2, -0.15) is 0 Å². The van der Waals surface area contributed by atoms with Crippen LogP contribution in [0.1, 0.15) is 46.6 Å². The van der Waals surface area contributed by atoms with Gasteiger partial charge in [-0.1, -0.05) is 12.1 Å². The Morgan fingerprint density at radius 3 is 2.53 bits per heavy atom. The molecule has 1 aliphatic rings. The number of hydrogen-bond donors (Lipinski definition) is 3. The molecule has 0 radical (unpaired) electrons. The molecule has 1 aromatic rings. The van der Waals surface area contributed by atoms with Crippen molar-refractivity contribution >= 4 is 23.6 Å². The fraction of sp³-hybridized carbons (Fsp3) is 0.591. The molecule has 2 rings (SSSR count). The lowest BCUT2D eigenvalue weighted by molar-refractivity contribution is -0.114. The summed E-state index contributed by atoms with van der Waals surface area (Å²) in [7, 11) is 0. The number of rotatable bonds is 6. The Hall–Kier alpha value is -2.77. The van der Waals surface area contributed by atoms with E-state index in [0.29, 0.717) is 13.1 Å². The van der Waals surface area contributed by atoms with Crippen molar-refractivity contribution in [3.05, 3.63) is 29.8 Å². The molecule has 166 valence electrons. The van der Waals surface area contributed by atoms with E-state index in [9.17, 15) is 9.59 Å². The largest absolute Gasteiger partial charge is 0.444 e. The number of carbonyl (C=O) groups is 2. The van der Waals surface area contributed by atoms with E-state index in [4.69, 9.17) is 9.73 Å². The number of nitrogens with zero attached hydrogens (tertiary/aromatic N) is 2. The van der Waals surface area contributed by atoms with Gasteiger partial charge in [0.2, 0.25) is 5.91 Å². The second-order valence-corrected chi connectivity index (χ2v) is 8.44. The molecule has 1 heterocycles. The number of alkyl carbamates (subject to hydrolysis) is 1. The zero-order valence-electron chi connectivity index (χ0n) is 18.7. The van der Waals surface area contributed by atoms with E-state index in [1.54, 1.807) is 0 Å². The fourth-order valence-corrected chi connectivity index (χ4v) is 3.22. The number of guanidine groups is 1. The molecule has 30 heavy (non-hydrogen) atoms. The Labute approximate surface area is 179 Å². The molecule has 0 spiro atoms. The second-order valence-electron chi connectivity index (χ2n) is 8.44. The average molecular weight is 418 g/mol. The molecule has 0 bridgehead atoms. The number of aliphatic imine (C=N–C) groups is 1. The van der Waals surface area contributed by atoms with Crippen molar-refractivity contribution in [2.75, 3.05) is 31.5 Å². The lowest BCUT2D eigenvalue weighted by Crippen LogP contribution is -2.44. The predicted molar refractivity (Wildman–Crippen MR) is 120 cm³/mol. The van der Waals surface area contributed by atoms with E-state index in [1.165, 1.54) is 6.92 Å². The molecule has 3 N–H and O–H groups in total. The summed E-state index contributed by atoms with van der Waals surface area (Å²) in [5, 5.41) is 9.05. The third-order valence-electron chi connectivity index (χ3n) is 4.48. The molecule has 1 fully saturated rings. The SMILES string of the molecule is CCNC(=NCCc1ccc(NC(C)=O)cc1)N1CCC(NC(=O)OC(C)(C)C)C1. The predicted octanol–water partition coefficient (Wildman–Crippen LogP) is 2.75. The first kappa shape index (κ1) is 23.5. The summed E-state index contributed by atoms with van der Waals surface area (Å²) in [6.07, 6.45) is 1.29. The van der Waals surface area contributed by atoms with E-state index in [0.717, 1.165) is 43.1 Å². The summed E-state index contributed by atoms with van der Waals surface area (Å²) in [4.78, 5) is 30.0. The maximum absolute atomic E-state index is 12.0. The number of hydrogen-bond acceptors (Lipinski definition) is 4. The first-order valence-electron chi connectivity index (χ1n) is 10.6. The van der Waals surface area contributed by atoms with Crippen molar-refractivity contribution in [1.29, 1.82) is 0 Å². The summed E-state index contributed by atoms with van der Waals surface area (Å²) in [6.45, 7) is 12.1. The van der Waals surface area contributed by atoms with Crippen LogP contribution in [0.15, 0.2) is 29.3 Å². The lowest BCUT2D eigenvalue weighted by Gasteiger charge is -2.23. The molecule has 2 amide bonds. The zero-order valence-corrected chi connectivity index (χ0v) is 18.7. The van der Waals surface area contributed by atoms with E-state index in [1.807, 2.05) is 52.0 Å². The van der Waals surface area contributed by atoms with Gasteiger partial charge in [-0.3, -0.25) is 9.79 Å². The molecular formula is C22H35N5O3. The summed E-state index contributed by atoms with van der Waals surface area (Å²) < 4.78 is 5.35. The fourth-order valence-electron chi connectivity index (χ4n) is 3.22. The van der Waals surface area contributed by atoms with Gasteiger partial charge >= 0.3 is 6.09 Å². The van der Waals surface area contributed by atoms with E-state index < -0.39 is 5.60 Å². The van der Waals surface area contributed by atoms with Crippen LogP contribution in [0.5, 0.6) is 0 Å². The minimum absolute atomic E-state index is 0.0463. The van der Waals surface area contributed by atoms with Crippen LogP contribution in [0.4, 0.5) is 10.5 Å². The Bertz CT molecular complexity index is 740. The molecular weight excluding hydrogens is 382 g/mol. The quantitative estimate of drug-likeness (QED) is 0.489. The monoisotopic (exact) mass is 417 g/mol. The molecule has 1 atom stereocenters. The van der Waals surface area contributed by atoms with Gasteiger partial charge in [0.15, 0.2) is 5.96 Å². The first-order chi connectivity index (χ1) is 14.2. The standard InChI is InChI=1S/C22H35N5O3/c1-6-23-20(24-13-11-17-7-9-18(10-8-17)25-16(2)28)27-14-12-19(15-27)26-21(29)30-22(3,4)5/h7-10,19H,6,11-15H2,1-5H3,(H,23,24)(H,25,28)(H,26,29). The minimum Gasteiger partial charge on any atom is -0.444 e. The molecule has 8 heteroatoms. The van der Waals surface area contributed by atoms with E-state index in [2.05, 4.69) is 20.9 Å². The van der Waals surface area contributed by atoms with Gasteiger partial charge in [-0.25, -0.2) is 4.79 Å². The number of likely N-dealkylation sites (tertiary alicyclic amines) is 1. The van der Waals surface area contributed by atoms with Crippen LogP contribution < -0.4 is 16.0 Å². The number of anilines is 1. The van der Waals surface area contributed by atoms with Crippen molar-refractivity contribution in [2.45, 2.75) is 59.1 Å². The molecule has 1 aliphatic heterocycles. The Morgan fingerprint density at radius 2 is 1.93 bits per heavy atom. The van der Waals surface area contributed by atoms with E-state index >= 15 is 0 Å². The number of ether oxygens (including phenoxy) is 1. The highest BCUT2D eigenvalue weighted by Gasteiger charge is 2.27. The molecule has 0 aromatic heterocycles. The second kappa shape index (κ2) is 10.8. The van der Waals surface area contributed by atoms with Crippen LogP contribution in [0, 0.1) is 0 Å². The lowest BCUT2D eigenvalue weighted by atomic mass is 10.1. The smallest absolute Gasteiger partial charge is 0.407 e. The van der Waals surface area contributed by atoms with Crippen molar-refractivity contribution < 1.29 is 14.3 Å². The van der Waals surface area contributed by atoms with Gasteiger partial charge < -0.3 is 25.6 Å². The van der Waals surface area contributed by atoms with Crippen LogP contribution in [-0.4, -0.2) is 60.7 Å². The average Bonchev–Trinajstić information content (AvgIpc) is 3.08. The van der Waals surface area contributed by atoms with Crippen LogP contribution in [-0.2, 0) is 16.0 Å². The minimum atomic E-state index is -0.501. The van der Waals surface area contributed by atoms with Crippen molar-refractivity contribution in [2.24, 2.45) is 4.99 Å². The molecule has 0 saturated carbocycles. The molecule has 8 nitrogen and oxygen atoms in total. The van der Waals surface area contributed by atoms with Gasteiger partial charge in [0.1, 0.15) is 5.60 Å². The third kappa shape index (κ3) is 8.31. The summed E-state index contributed by atoms with van der Waals surface area (Å²) in [5.41, 5.74) is 1.46. The number of benzene rings is 1. The highest BCUT2D eigenvalue weighted by molar-refractivity contribution is 5.88. The van der Waals surface area contributed by atoms with Crippen molar-refractivity contribution in [3.63, 3.8) is 0 Å². The van der Waals surface area contributed by atoms with Crippen LogP contribution in [0.25, 0.3) is 0 Å². The highest BCUT2D eigenvalue weighted by Crippen LogP contribution is 2.13. The van der Waals surface area contributed by atoms with Gasteiger partial charge in [-0.15, -0.1) is 0 Å². The molecule has 0 aliphatic carbocycles. The van der Waals surface area contributed by atoms with Gasteiger partial charge in [0, 0.05) is 38.8 Å². The maximum Gasteiger partial charge on any atom is 0.407 e. The summed E-state index contributed by atoms with van der Waals surface area (Å²) in [6, 6.07) is 7.86. The normalized spacial score (nSPS) is 16.9. The topological polar surface area (TPSA) is 95.1 Å². The van der Waals surface area contributed by atoms with Gasteiger partial charge in [0.25, 0.3) is 0 Å². The third-order valence-corrected chi connectivity index (χ3v) is 4.48. The zero-order chi connectivity index (χ0) is 22.1. The van der Waals surface area contributed by atoms with E-state index in [-0.39, 0.29) is 18.0 Å². The van der Waals surface area contributed by atoms with Crippen LogP contribution >= 0.6 is 0 Å².